The van der Waals surface area contributed by atoms with Gasteiger partial charge in [0.25, 0.3) is 0 Å². The van der Waals surface area contributed by atoms with Gasteiger partial charge in [0.2, 0.25) is 0 Å². The van der Waals surface area contributed by atoms with Crippen LogP contribution in [0.15, 0.2) is 119 Å². The molecule has 3 saturated carbocycles. The van der Waals surface area contributed by atoms with Crippen LogP contribution < -0.4 is 23.7 Å². The minimum absolute atomic E-state index is 0.0769. The number of halogens is 5. The lowest BCUT2D eigenvalue weighted by Gasteiger charge is -2.15. The van der Waals surface area contributed by atoms with Crippen molar-refractivity contribution in [2.24, 2.45) is 16.2 Å². The summed E-state index contributed by atoms with van der Waals surface area (Å²) in [7, 11) is 7.71. The molecular weight excluding hydrogens is 1700 g/mol. The quantitative estimate of drug-likeness (QED) is 0.00642. The molecule has 0 spiro atoms. The second-order valence-corrected chi connectivity index (χ2v) is 25.9. The van der Waals surface area contributed by atoms with Gasteiger partial charge in [-0.1, -0.05) is 79.6 Å². The van der Waals surface area contributed by atoms with Crippen molar-refractivity contribution in [3.05, 3.63) is 147 Å². The number of benzene rings is 5. The summed E-state index contributed by atoms with van der Waals surface area (Å²) in [5.41, 5.74) is -1.13. The Hall–Kier alpha value is -8.43. The molecule has 27 nitrogen and oxygen atoms in total. The Morgan fingerprint density at radius 2 is 0.673 bits per heavy atom. The second-order valence-electron chi connectivity index (χ2n) is 21.7. The van der Waals surface area contributed by atoms with E-state index >= 15 is 0 Å². The molecule has 0 aromatic heterocycles. The number of carboxylic acids is 2. The molecule has 104 heavy (non-hydrogen) atoms. The smallest absolute Gasteiger partial charge is 0.359 e. The zero-order chi connectivity index (χ0) is 78.2. The summed E-state index contributed by atoms with van der Waals surface area (Å²) in [5, 5.41) is 27.0. The summed E-state index contributed by atoms with van der Waals surface area (Å²) in [6, 6.07) is 26.3. The van der Waals surface area contributed by atoms with Gasteiger partial charge in [-0.2, -0.15) is 5.26 Å². The molecule has 3 aliphatic carbocycles. The van der Waals surface area contributed by atoms with Gasteiger partial charge in [0.15, 0.2) is 22.5 Å². The van der Waals surface area contributed by atoms with Crippen molar-refractivity contribution in [3.63, 3.8) is 0 Å². The van der Waals surface area contributed by atoms with Crippen molar-refractivity contribution < 1.29 is 130 Å². The third-order valence-corrected chi connectivity index (χ3v) is 19.1. The van der Waals surface area contributed by atoms with E-state index in [0.717, 1.165) is 35.3 Å². The van der Waals surface area contributed by atoms with Crippen LogP contribution in [0, 0.1) is 16.2 Å². The van der Waals surface area contributed by atoms with Crippen LogP contribution in [0.2, 0.25) is 0 Å². The predicted octanol–water partition coefficient (Wildman–Crippen LogP) is 13.4. The maximum atomic E-state index is 12.3. The highest BCUT2D eigenvalue weighted by molar-refractivity contribution is 9.11. The number of hydrogen-bond acceptors (Lipinski definition) is 25. The van der Waals surface area contributed by atoms with E-state index in [9.17, 15) is 63.0 Å². The molecule has 0 saturated heterocycles. The Morgan fingerprint density at radius 3 is 0.981 bits per heavy atom. The normalized spacial score (nSPS) is 16.9. The highest BCUT2D eigenvalue weighted by atomic mass is 79.9. The third-order valence-electron chi connectivity index (χ3n) is 15.5. The van der Waals surface area contributed by atoms with Gasteiger partial charge in [-0.05, 0) is 187 Å². The van der Waals surface area contributed by atoms with Gasteiger partial charge < -0.3 is 67.1 Å². The van der Waals surface area contributed by atoms with E-state index in [1.165, 1.54) is 27.4 Å². The number of carbonyl (C=O) groups excluding carboxylic acids is 9. The molecule has 5 aromatic rings. The van der Waals surface area contributed by atoms with Crippen molar-refractivity contribution in [2.45, 2.75) is 91.9 Å². The van der Waals surface area contributed by atoms with Crippen LogP contribution in [0.5, 0.6) is 28.7 Å². The van der Waals surface area contributed by atoms with Gasteiger partial charge >= 0.3 is 59.7 Å². The van der Waals surface area contributed by atoms with E-state index in [-0.39, 0.29) is 77.0 Å². The summed E-state index contributed by atoms with van der Waals surface area (Å²) < 4.78 is 63.2. The SMILES string of the molecule is CCOC(=O)C(=Cc1cc(OC)ccc1Br)C(=O)OCC.CCOC(=O)C1(C(=O)O)CC1c1cc(OC)ccc1Br.CCOC(=O)C1(C(=O)OCC)CC1c1cc(OC)ccc1Br.CCOC(=O)CC(=O)OCC.COc1ccc(Br)c(C2CC2(C(=O)O)C(=O)OO)c1.COc1ccc(Br)c(C=O)c1. The summed E-state index contributed by atoms with van der Waals surface area (Å²) in [4.78, 5) is 130. The van der Waals surface area contributed by atoms with Gasteiger partial charge in [-0.15, -0.1) is 0 Å². The molecule has 566 valence electrons. The van der Waals surface area contributed by atoms with Crippen LogP contribution in [-0.4, -0.2) is 163 Å². The average molecular weight is 1780 g/mol. The third kappa shape index (κ3) is 24.1. The number of carboxylic acid groups (broad SMARTS) is 2. The predicted molar refractivity (Wildman–Crippen MR) is 391 cm³/mol. The van der Waals surface area contributed by atoms with Gasteiger partial charge in [0, 0.05) is 45.7 Å². The number of methoxy groups -OCH3 is 5. The monoisotopic (exact) mass is 1770 g/mol. The molecule has 0 heterocycles. The molecule has 3 fully saturated rings. The molecule has 3 aliphatic rings. The number of hydrogen-bond donors (Lipinski definition) is 3. The van der Waals surface area contributed by atoms with Crippen LogP contribution in [0.3, 0.4) is 0 Å². The molecule has 32 heteroatoms. The summed E-state index contributed by atoms with van der Waals surface area (Å²) in [6.07, 6.45) is 2.62. The fraction of sp³-hybridized carbons (Fsp3) is 0.403. The molecule has 5 unspecified atom stereocenters. The van der Waals surface area contributed by atoms with Gasteiger partial charge in [-0.25, -0.2) is 14.4 Å². The fourth-order valence-corrected chi connectivity index (χ4v) is 12.2. The molecular formula is C72H81Br5O27. The number of aldehydes is 1. The average Bonchev–Trinajstić information content (AvgIpc) is 1.57. The number of carbonyl (C=O) groups is 11. The van der Waals surface area contributed by atoms with Crippen molar-refractivity contribution in [1.29, 1.82) is 0 Å². The maximum Gasteiger partial charge on any atom is 0.359 e. The lowest BCUT2D eigenvalue weighted by atomic mass is 9.99. The molecule has 8 rings (SSSR count). The minimum atomic E-state index is -1.72. The van der Waals surface area contributed by atoms with Crippen molar-refractivity contribution in [3.8, 4) is 28.7 Å². The summed E-state index contributed by atoms with van der Waals surface area (Å²) in [6.45, 7) is 13.4. The standard InChI is InChI=1S/C16H19BrO5.C15H17BrO5.C14H15BrO5.C12H11BrO6.C8H7BrO2.C7H12O4/c1-4-21-14(18)16(15(19)22-5-2)9-12(16)11-8-10(20-3)6-7-13(11)17;1-4-20-14(17)12(15(18)21-5-2)9-10-8-11(19-3)6-7-13(10)16;1-3-20-13(18)14(12(16)17)7-10(14)9-6-8(19-2)4-5-11(9)15;1-18-6-2-3-9(13)7(4-6)8-5-12(8,10(14)15)11(16)19-17;1-11-7-2-3-8(9)6(4-7)5-10;1-3-10-6(8)5-7(9)11-4-2/h6-8,12H,4-5,9H2,1-3H3;6-9H,4-5H2,1-3H3;4-6,10H,3,7H2,1-2H3,(H,16,17);2-4,8,17H,5H2,1H3,(H,14,15);2-5H,1H3;3-5H2,1-2H3. The number of aliphatic carboxylic acids is 2. The van der Waals surface area contributed by atoms with Crippen LogP contribution in [0.25, 0.3) is 6.08 Å². The Morgan fingerprint density at radius 1 is 0.394 bits per heavy atom. The number of rotatable bonds is 27. The van der Waals surface area contributed by atoms with E-state index in [0.29, 0.717) is 56.3 Å². The molecule has 5 atom stereocenters. The molecule has 3 N–H and O–H groups in total. The maximum absolute atomic E-state index is 12.3. The van der Waals surface area contributed by atoms with E-state index in [2.05, 4.69) is 94.0 Å². The largest absolute Gasteiger partial charge is 0.497 e. The zero-order valence-electron chi connectivity index (χ0n) is 58.9. The highest BCUT2D eigenvalue weighted by Gasteiger charge is 2.71. The first-order valence-electron chi connectivity index (χ1n) is 31.8. The van der Waals surface area contributed by atoms with Crippen LogP contribution >= 0.6 is 79.6 Å². The number of ether oxygens (including phenoxy) is 12. The van der Waals surface area contributed by atoms with Gasteiger partial charge in [0.1, 0.15) is 40.7 Å². The molecule has 0 bridgehead atoms. The Bertz CT molecular complexity index is 3820. The molecule has 0 radical (unpaired) electrons. The molecule has 5 aromatic carbocycles. The first-order chi connectivity index (χ1) is 49.4. The summed E-state index contributed by atoms with van der Waals surface area (Å²) in [5.74, 6) is -5.91. The van der Waals surface area contributed by atoms with Crippen molar-refractivity contribution in [2.75, 3.05) is 81.8 Å². The zero-order valence-corrected chi connectivity index (χ0v) is 66.8. The lowest BCUT2D eigenvalue weighted by molar-refractivity contribution is -0.241. The highest BCUT2D eigenvalue weighted by Crippen LogP contribution is 2.64. The molecule has 0 aliphatic heterocycles. The van der Waals surface area contributed by atoms with Crippen LogP contribution in [-0.2, 0) is 86.0 Å². The Labute approximate surface area is 642 Å². The van der Waals surface area contributed by atoms with Gasteiger partial charge in [0.05, 0.1) is 81.8 Å². The van der Waals surface area contributed by atoms with Crippen molar-refractivity contribution in [1.82, 2.24) is 0 Å². The van der Waals surface area contributed by atoms with Crippen LogP contribution in [0.4, 0.5) is 0 Å². The number of esters is 7. The topological polar surface area (TPSA) is 368 Å². The first-order valence-corrected chi connectivity index (χ1v) is 35.8. The Kier molecular flexibility index (Phi) is 37.8. The summed E-state index contributed by atoms with van der Waals surface area (Å²) >= 11 is 16.8. The Balaban J connectivity index is 0.000000330. The second kappa shape index (κ2) is 43.8. The van der Waals surface area contributed by atoms with E-state index < -0.39 is 87.8 Å². The molecule has 0 amide bonds. The lowest BCUT2D eigenvalue weighted by Crippen LogP contribution is -2.31. The van der Waals surface area contributed by atoms with E-state index in [1.54, 1.807) is 135 Å². The van der Waals surface area contributed by atoms with Gasteiger partial charge in [-0.3, -0.25) is 43.2 Å². The van der Waals surface area contributed by atoms with Crippen LogP contribution in [0.1, 0.15) is 125 Å². The minimum Gasteiger partial charge on any atom is -0.497 e. The first kappa shape index (κ1) is 89.8. The fourth-order valence-electron chi connectivity index (χ4n) is 9.97. The van der Waals surface area contributed by atoms with E-state index in [1.807, 2.05) is 18.2 Å². The van der Waals surface area contributed by atoms with E-state index in [4.69, 9.17) is 52.6 Å². The van der Waals surface area contributed by atoms with Crippen molar-refractivity contribution >= 4 is 152 Å².